The molecule has 0 nitrogen and oxygen atoms in total. The van der Waals surface area contributed by atoms with Crippen molar-refractivity contribution in [2.24, 2.45) is 0 Å². The summed E-state index contributed by atoms with van der Waals surface area (Å²) in [6.07, 6.45) is 0. The summed E-state index contributed by atoms with van der Waals surface area (Å²) in [5.41, 5.74) is 0. The van der Waals surface area contributed by atoms with Gasteiger partial charge in [-0.25, -0.2) is 8.78 Å². The van der Waals surface area contributed by atoms with Crippen LogP contribution in [0.5, 0.6) is 0 Å². The third-order valence-corrected chi connectivity index (χ3v) is 2.95. The quantitative estimate of drug-likeness (QED) is 0.381. The van der Waals surface area contributed by atoms with Gasteiger partial charge in [-0.3, -0.25) is 0 Å². The molecule has 19 heavy (non-hydrogen) atoms. The van der Waals surface area contributed by atoms with Crippen LogP contribution in [0, 0.1) is 11.6 Å². The molecule has 0 fully saturated rings. The van der Waals surface area contributed by atoms with Crippen molar-refractivity contribution < 1.29 is 52.5 Å². The summed E-state index contributed by atoms with van der Waals surface area (Å²) in [5.74, 6) is -0.534. The maximum Gasteiger partial charge on any atom is 2.00 e. The Morgan fingerprint density at radius 2 is 1.11 bits per heavy atom. The second kappa shape index (κ2) is 12.4. The molecule has 92 valence electrons. The summed E-state index contributed by atoms with van der Waals surface area (Å²) in [5, 5.41) is 1.64. The average Bonchev–Trinajstić information content (AvgIpc) is 2.17. The van der Waals surface area contributed by atoms with E-state index in [-0.39, 0.29) is 78.4 Å². The van der Waals surface area contributed by atoms with Gasteiger partial charge >= 0.3 is 41.9 Å². The summed E-state index contributed by atoms with van der Waals surface area (Å²) in [6, 6.07) is 12.6. The first-order valence-electron chi connectivity index (χ1n) is 4.47. The molecule has 0 saturated carbocycles. The molecule has 0 radical (unpaired) electrons. The van der Waals surface area contributed by atoms with Crippen molar-refractivity contribution in [1.29, 1.82) is 0 Å². The van der Waals surface area contributed by atoms with Gasteiger partial charge in [-0.1, -0.05) is 36.4 Å². The number of rotatable bonds is 2. The van der Waals surface area contributed by atoms with Gasteiger partial charge in [-0.05, 0) is 12.1 Å². The van der Waals surface area contributed by atoms with Gasteiger partial charge < -0.3 is 33.4 Å². The number of halogens is 4. The second-order valence-electron chi connectivity index (χ2n) is 3.07. The molecule has 7 heteroatoms. The average molecular weight is 323 g/mol. The SMILES string of the molecule is Fc1cccc([P-]c2cccc(F)c2)c1.[Cl-].[Cl-].[Li+].[Mg+2]. The van der Waals surface area contributed by atoms with Gasteiger partial charge in [-0.2, -0.15) is 10.6 Å². The van der Waals surface area contributed by atoms with Crippen LogP contribution >= 0.6 is 8.58 Å². The van der Waals surface area contributed by atoms with Crippen molar-refractivity contribution in [2.75, 3.05) is 0 Å². The second-order valence-corrected chi connectivity index (χ2v) is 4.33. The molecule has 0 N–H and O–H groups in total. The molecule has 0 aliphatic carbocycles. The minimum atomic E-state index is -0.267. The maximum atomic E-state index is 12.9. The predicted octanol–water partition coefficient (Wildman–Crippen LogP) is -6.51. The molecule has 0 aliphatic rings. The van der Waals surface area contributed by atoms with Gasteiger partial charge in [0.25, 0.3) is 0 Å². The Morgan fingerprint density at radius 1 is 0.737 bits per heavy atom. The number of hydrogen-bond acceptors (Lipinski definition) is 0. The van der Waals surface area contributed by atoms with Gasteiger partial charge in [0.2, 0.25) is 0 Å². The zero-order chi connectivity index (χ0) is 10.7. The van der Waals surface area contributed by atoms with Crippen molar-refractivity contribution in [3.05, 3.63) is 60.2 Å². The largest absolute Gasteiger partial charge is 2.00 e. The maximum absolute atomic E-state index is 12.9. The fraction of sp³-hybridized carbons (Fsp3) is 0. The van der Waals surface area contributed by atoms with E-state index in [1.54, 1.807) is 12.1 Å². The third-order valence-electron chi connectivity index (χ3n) is 1.87. The van der Waals surface area contributed by atoms with Crippen LogP contribution in [0.2, 0.25) is 0 Å². The molecule has 0 atom stereocenters. The fourth-order valence-corrected chi connectivity index (χ4v) is 2.24. The molecular formula is C12H8Cl2F2LiMgP. The monoisotopic (exact) mass is 322 g/mol. The standard InChI is InChI=1S/C12H8F2P.2ClH.Li.Mg/c13-9-3-1-5-11(7-9)15-12-6-2-4-10(14)8-12;;;;/h1-8H;2*1H;;/q-1;;;+1;+2/p-2. The van der Waals surface area contributed by atoms with E-state index in [9.17, 15) is 8.78 Å². The summed E-state index contributed by atoms with van der Waals surface area (Å²) in [7, 11) is 0.813. The van der Waals surface area contributed by atoms with E-state index >= 15 is 0 Å². The van der Waals surface area contributed by atoms with Gasteiger partial charge in [0.1, 0.15) is 11.6 Å². The van der Waals surface area contributed by atoms with Crippen LogP contribution < -0.4 is 54.3 Å². The third kappa shape index (κ3) is 8.53. The molecule has 2 aromatic carbocycles. The van der Waals surface area contributed by atoms with E-state index in [4.69, 9.17) is 0 Å². The van der Waals surface area contributed by atoms with Crippen LogP contribution in [0.1, 0.15) is 0 Å². The van der Waals surface area contributed by atoms with Crippen LogP contribution in [-0.4, -0.2) is 23.1 Å². The number of hydrogen-bond donors (Lipinski definition) is 0. The first-order chi connectivity index (χ1) is 7.24. The van der Waals surface area contributed by atoms with Crippen LogP contribution in [0.4, 0.5) is 8.78 Å². The van der Waals surface area contributed by atoms with Crippen LogP contribution in [0.3, 0.4) is 0 Å². The van der Waals surface area contributed by atoms with Gasteiger partial charge in [0, 0.05) is 0 Å². The Labute approximate surface area is 154 Å². The summed E-state index contributed by atoms with van der Waals surface area (Å²) < 4.78 is 25.7. The van der Waals surface area contributed by atoms with Crippen molar-refractivity contribution in [2.45, 2.75) is 0 Å². The topological polar surface area (TPSA) is 0 Å². The van der Waals surface area contributed by atoms with E-state index in [1.807, 2.05) is 12.1 Å². The summed E-state index contributed by atoms with van der Waals surface area (Å²) in [4.78, 5) is 0. The minimum absolute atomic E-state index is 0. The zero-order valence-corrected chi connectivity index (χ0v) is 14.1. The molecule has 2 aromatic rings. The van der Waals surface area contributed by atoms with Crippen molar-refractivity contribution in [1.82, 2.24) is 0 Å². The molecule has 0 aliphatic heterocycles. The van der Waals surface area contributed by atoms with Gasteiger partial charge in [0.05, 0.1) is 0 Å². The molecule has 0 saturated heterocycles. The van der Waals surface area contributed by atoms with Crippen molar-refractivity contribution >= 4 is 42.2 Å². The molecule has 0 amide bonds. The Hall–Kier alpha value is 0.674. The van der Waals surface area contributed by atoms with Crippen molar-refractivity contribution in [3.8, 4) is 0 Å². The van der Waals surface area contributed by atoms with Crippen LogP contribution in [-0.2, 0) is 0 Å². The summed E-state index contributed by atoms with van der Waals surface area (Å²) >= 11 is 0. The normalized spacial score (nSPS) is 8.11. The van der Waals surface area contributed by atoms with Crippen LogP contribution in [0.25, 0.3) is 0 Å². The van der Waals surface area contributed by atoms with E-state index < -0.39 is 0 Å². The van der Waals surface area contributed by atoms with Crippen molar-refractivity contribution in [3.63, 3.8) is 0 Å². The van der Waals surface area contributed by atoms with E-state index in [0.717, 1.165) is 19.2 Å². The van der Waals surface area contributed by atoms with E-state index in [1.165, 1.54) is 24.3 Å². The fourth-order valence-electron chi connectivity index (χ4n) is 1.24. The molecule has 0 aromatic heterocycles. The molecule has 0 unspecified atom stereocenters. The minimum Gasteiger partial charge on any atom is -1.00 e. The van der Waals surface area contributed by atoms with Gasteiger partial charge in [0.15, 0.2) is 0 Å². The Balaban J connectivity index is -0.000000640. The first kappa shape index (κ1) is 24.7. The molecule has 0 spiro atoms. The van der Waals surface area contributed by atoms with E-state index in [0.29, 0.717) is 0 Å². The first-order valence-corrected chi connectivity index (χ1v) is 5.36. The molecular weight excluding hydrogens is 315 g/mol. The Kier molecular flexibility index (Phi) is 16.1. The van der Waals surface area contributed by atoms with E-state index in [2.05, 4.69) is 0 Å². The van der Waals surface area contributed by atoms with Gasteiger partial charge in [-0.15, -0.1) is 0 Å². The predicted molar refractivity (Wildman–Crippen MR) is 64.7 cm³/mol. The Morgan fingerprint density at radius 3 is 1.42 bits per heavy atom. The van der Waals surface area contributed by atoms with Crippen LogP contribution in [0.15, 0.2) is 48.5 Å². The summed E-state index contributed by atoms with van der Waals surface area (Å²) in [6.45, 7) is 0. The number of benzene rings is 2. The molecule has 0 heterocycles. The zero-order valence-electron chi connectivity index (χ0n) is 10.3. The smallest absolute Gasteiger partial charge is 1.00 e. The Bertz CT molecular complexity index is 445. The molecule has 0 bridgehead atoms. The molecule has 2 rings (SSSR count).